The van der Waals surface area contributed by atoms with Crippen LogP contribution in [0.2, 0.25) is 0 Å². The molecule has 0 aliphatic rings. The summed E-state index contributed by atoms with van der Waals surface area (Å²) in [5.41, 5.74) is 6.36. The maximum atomic E-state index is 11.7. The summed E-state index contributed by atoms with van der Waals surface area (Å²) < 4.78 is 30.4. The Bertz CT molecular complexity index is 586. The lowest BCUT2D eigenvalue weighted by atomic mass is 10.2. The van der Waals surface area contributed by atoms with Crippen molar-refractivity contribution in [3.05, 3.63) is 18.2 Å². The van der Waals surface area contributed by atoms with E-state index in [2.05, 4.69) is 10.0 Å². The van der Waals surface area contributed by atoms with Gasteiger partial charge in [0, 0.05) is 5.69 Å². The van der Waals surface area contributed by atoms with Gasteiger partial charge >= 0.3 is 5.97 Å². The molecule has 0 aliphatic carbocycles. The number of nitrogens with one attached hydrogen (secondary N) is 2. The average molecular weight is 301 g/mol. The summed E-state index contributed by atoms with van der Waals surface area (Å²) in [7, 11) is -2.28. The Balaban J connectivity index is 2.91. The molecule has 0 fully saturated rings. The predicted octanol–water partition coefficient (Wildman–Crippen LogP) is 0.540. The number of rotatable bonds is 6. The molecule has 1 unspecified atom stereocenters. The Morgan fingerprint density at radius 3 is 2.60 bits per heavy atom. The third kappa shape index (κ3) is 3.84. The number of carbonyl (C=O) groups is 1. The van der Waals surface area contributed by atoms with Gasteiger partial charge in [0.2, 0.25) is 10.0 Å². The average Bonchev–Trinajstić information content (AvgIpc) is 2.38. The summed E-state index contributed by atoms with van der Waals surface area (Å²) in [6.07, 6.45) is 0. The van der Waals surface area contributed by atoms with Crippen molar-refractivity contribution in [3.8, 4) is 0 Å². The molecule has 1 atom stereocenters. The summed E-state index contributed by atoms with van der Waals surface area (Å²) in [6, 6.07) is 3.82. The number of carbonyl (C=O) groups excluding carboxylic acids is 1. The monoisotopic (exact) mass is 301 g/mol. The van der Waals surface area contributed by atoms with Crippen molar-refractivity contribution in [1.29, 1.82) is 0 Å². The van der Waals surface area contributed by atoms with Crippen LogP contribution in [-0.4, -0.2) is 34.1 Å². The van der Waals surface area contributed by atoms with Gasteiger partial charge in [-0.2, -0.15) is 0 Å². The number of ether oxygens (including phenoxy) is 1. The van der Waals surface area contributed by atoms with Crippen molar-refractivity contribution in [1.82, 2.24) is 4.72 Å². The van der Waals surface area contributed by atoms with E-state index in [1.54, 1.807) is 13.8 Å². The van der Waals surface area contributed by atoms with E-state index < -0.39 is 22.0 Å². The number of benzene rings is 1. The summed E-state index contributed by atoms with van der Waals surface area (Å²) in [5, 5.41) is 2.89. The molecule has 112 valence electrons. The fourth-order valence-electron chi connectivity index (χ4n) is 1.57. The van der Waals surface area contributed by atoms with E-state index in [4.69, 9.17) is 10.5 Å². The third-order valence-electron chi connectivity index (χ3n) is 2.59. The number of esters is 1. The van der Waals surface area contributed by atoms with Crippen LogP contribution in [0.15, 0.2) is 23.1 Å². The Morgan fingerprint density at radius 1 is 1.45 bits per heavy atom. The van der Waals surface area contributed by atoms with Gasteiger partial charge in [-0.25, -0.2) is 17.9 Å². The molecule has 0 aromatic heterocycles. The van der Waals surface area contributed by atoms with Gasteiger partial charge in [-0.15, -0.1) is 0 Å². The number of hydrogen-bond donors (Lipinski definition) is 3. The lowest BCUT2D eigenvalue weighted by Gasteiger charge is -2.15. The lowest BCUT2D eigenvalue weighted by Crippen LogP contribution is -2.28. The van der Waals surface area contributed by atoms with Gasteiger partial charge in [-0.05, 0) is 39.1 Å². The molecule has 7 nitrogen and oxygen atoms in total. The van der Waals surface area contributed by atoms with Crippen molar-refractivity contribution >= 4 is 27.4 Å². The molecule has 4 N–H and O–H groups in total. The topological polar surface area (TPSA) is 111 Å². The van der Waals surface area contributed by atoms with Crippen LogP contribution in [0, 0.1) is 0 Å². The van der Waals surface area contributed by atoms with E-state index in [1.807, 2.05) is 0 Å². The summed E-state index contributed by atoms with van der Waals surface area (Å²) >= 11 is 0. The molecule has 20 heavy (non-hydrogen) atoms. The molecule has 1 aromatic carbocycles. The molecule has 1 aromatic rings. The Hall–Kier alpha value is -1.80. The number of sulfonamides is 1. The molecule has 0 spiro atoms. The van der Waals surface area contributed by atoms with Crippen molar-refractivity contribution in [2.24, 2.45) is 0 Å². The number of nitrogen functional groups attached to an aromatic ring is 1. The minimum Gasteiger partial charge on any atom is -0.464 e. The highest BCUT2D eigenvalue weighted by atomic mass is 32.2. The highest BCUT2D eigenvalue weighted by Crippen LogP contribution is 2.22. The van der Waals surface area contributed by atoms with Gasteiger partial charge in [-0.1, -0.05) is 0 Å². The first-order valence-electron chi connectivity index (χ1n) is 6.08. The van der Waals surface area contributed by atoms with Crippen LogP contribution in [-0.2, 0) is 19.6 Å². The van der Waals surface area contributed by atoms with Gasteiger partial charge in [0.1, 0.15) is 10.9 Å². The first-order chi connectivity index (χ1) is 9.31. The summed E-state index contributed by atoms with van der Waals surface area (Å²) in [6.45, 7) is 3.67. The zero-order valence-corrected chi connectivity index (χ0v) is 12.5. The van der Waals surface area contributed by atoms with Crippen molar-refractivity contribution in [2.45, 2.75) is 24.8 Å². The Labute approximate surface area is 118 Å². The fraction of sp³-hybridized carbons (Fsp3) is 0.417. The van der Waals surface area contributed by atoms with Crippen LogP contribution in [0.5, 0.6) is 0 Å². The highest BCUT2D eigenvalue weighted by molar-refractivity contribution is 7.89. The van der Waals surface area contributed by atoms with Crippen LogP contribution in [0.3, 0.4) is 0 Å². The molecule has 0 amide bonds. The molecule has 0 bridgehead atoms. The SMILES string of the molecule is CCOC(=O)C(C)Nc1ccc(S(=O)(=O)NC)c(N)c1. The number of nitrogens with two attached hydrogens (primary N) is 1. The number of anilines is 2. The second-order valence-electron chi connectivity index (χ2n) is 4.08. The quantitative estimate of drug-likeness (QED) is 0.522. The molecule has 0 heterocycles. The zero-order valence-electron chi connectivity index (χ0n) is 11.6. The first kappa shape index (κ1) is 16.3. The normalized spacial score (nSPS) is 12.8. The standard InChI is InChI=1S/C12H19N3O4S/c1-4-19-12(16)8(2)15-9-5-6-11(10(13)7-9)20(17,18)14-3/h5-8,14-15H,4,13H2,1-3H3. The van der Waals surface area contributed by atoms with E-state index in [1.165, 1.54) is 25.2 Å². The lowest BCUT2D eigenvalue weighted by molar-refractivity contribution is -0.143. The molecular formula is C12H19N3O4S. The van der Waals surface area contributed by atoms with Crippen LogP contribution < -0.4 is 15.8 Å². The number of hydrogen-bond acceptors (Lipinski definition) is 6. The molecular weight excluding hydrogens is 282 g/mol. The van der Waals surface area contributed by atoms with Gasteiger partial charge in [0.05, 0.1) is 12.3 Å². The van der Waals surface area contributed by atoms with Gasteiger partial charge in [-0.3, -0.25) is 0 Å². The minimum atomic E-state index is -3.59. The van der Waals surface area contributed by atoms with Crippen molar-refractivity contribution in [2.75, 3.05) is 24.7 Å². The zero-order chi connectivity index (χ0) is 15.3. The second kappa shape index (κ2) is 6.58. The molecule has 8 heteroatoms. The van der Waals surface area contributed by atoms with E-state index in [0.29, 0.717) is 12.3 Å². The maximum Gasteiger partial charge on any atom is 0.328 e. The molecule has 0 saturated heterocycles. The molecule has 0 radical (unpaired) electrons. The van der Waals surface area contributed by atoms with E-state index in [-0.39, 0.29) is 10.6 Å². The molecule has 0 saturated carbocycles. The highest BCUT2D eigenvalue weighted by Gasteiger charge is 2.17. The van der Waals surface area contributed by atoms with Crippen molar-refractivity contribution in [3.63, 3.8) is 0 Å². The van der Waals surface area contributed by atoms with Crippen LogP contribution in [0.1, 0.15) is 13.8 Å². The van der Waals surface area contributed by atoms with Crippen LogP contribution in [0.25, 0.3) is 0 Å². The Kier molecular flexibility index (Phi) is 5.34. The predicted molar refractivity (Wildman–Crippen MR) is 76.8 cm³/mol. The largest absolute Gasteiger partial charge is 0.464 e. The maximum absolute atomic E-state index is 11.7. The summed E-state index contributed by atoms with van der Waals surface area (Å²) in [5.74, 6) is -0.391. The minimum absolute atomic E-state index is 0.00524. The third-order valence-corrected chi connectivity index (χ3v) is 4.08. The van der Waals surface area contributed by atoms with Crippen molar-refractivity contribution < 1.29 is 17.9 Å². The van der Waals surface area contributed by atoms with E-state index >= 15 is 0 Å². The van der Waals surface area contributed by atoms with Gasteiger partial charge < -0.3 is 15.8 Å². The summed E-state index contributed by atoms with van der Waals surface area (Å²) in [4.78, 5) is 11.5. The molecule has 1 rings (SSSR count). The smallest absolute Gasteiger partial charge is 0.328 e. The fourth-order valence-corrected chi connectivity index (χ4v) is 2.41. The molecule has 0 aliphatic heterocycles. The van der Waals surface area contributed by atoms with Crippen LogP contribution in [0.4, 0.5) is 11.4 Å². The van der Waals surface area contributed by atoms with Gasteiger partial charge in [0.15, 0.2) is 0 Å². The Morgan fingerprint density at radius 2 is 2.10 bits per heavy atom. The first-order valence-corrected chi connectivity index (χ1v) is 7.56. The van der Waals surface area contributed by atoms with Gasteiger partial charge in [0.25, 0.3) is 0 Å². The van der Waals surface area contributed by atoms with E-state index in [9.17, 15) is 13.2 Å². The van der Waals surface area contributed by atoms with Crippen LogP contribution >= 0.6 is 0 Å². The second-order valence-corrected chi connectivity index (χ2v) is 5.93. The van der Waals surface area contributed by atoms with E-state index in [0.717, 1.165) is 0 Å².